The first-order valence-corrected chi connectivity index (χ1v) is 7.38. The number of pyridine rings is 1. The number of hydrogen-bond acceptors (Lipinski definition) is 3. The number of nitrogens with one attached hydrogen (secondary N) is 1. The Labute approximate surface area is 128 Å². The van der Waals surface area contributed by atoms with Crippen LogP contribution in [0, 0.1) is 0 Å². The van der Waals surface area contributed by atoms with Crippen LogP contribution < -0.4 is 0 Å². The summed E-state index contributed by atoms with van der Waals surface area (Å²) in [5.74, 6) is 0.710. The Morgan fingerprint density at radius 2 is 2.00 bits per heavy atom. The Balaban J connectivity index is 1.68. The Morgan fingerprint density at radius 1 is 1.23 bits per heavy atom. The first-order valence-electron chi connectivity index (χ1n) is 7.38. The summed E-state index contributed by atoms with van der Waals surface area (Å²) < 4.78 is 4.82. The number of hydrogen-bond donors (Lipinski definition) is 1. The normalized spacial score (nSPS) is 20.0. The second kappa shape index (κ2) is 4.98. The molecule has 0 radical (unpaired) electrons. The molecule has 1 saturated carbocycles. The molecule has 2 atom stereocenters. The van der Waals surface area contributed by atoms with Gasteiger partial charge in [-0.05, 0) is 35.4 Å². The molecule has 0 spiro atoms. The maximum Gasteiger partial charge on any atom is 0.340 e. The van der Waals surface area contributed by atoms with Gasteiger partial charge in [-0.15, -0.1) is 0 Å². The van der Waals surface area contributed by atoms with Gasteiger partial charge in [-0.2, -0.15) is 0 Å². The van der Waals surface area contributed by atoms with E-state index in [2.05, 4.69) is 40.3 Å². The Bertz CT molecular complexity index is 839. The minimum atomic E-state index is -0.333. The molecule has 110 valence electrons. The van der Waals surface area contributed by atoms with Gasteiger partial charge in [0.25, 0.3) is 0 Å². The van der Waals surface area contributed by atoms with Gasteiger partial charge in [0.1, 0.15) is 5.65 Å². The number of aromatic nitrogens is 2. The fourth-order valence-electron chi connectivity index (χ4n) is 3.13. The highest BCUT2D eigenvalue weighted by Gasteiger charge is 2.39. The second-order valence-corrected chi connectivity index (χ2v) is 5.72. The third-order valence-electron chi connectivity index (χ3n) is 4.40. The van der Waals surface area contributed by atoms with Crippen molar-refractivity contribution in [3.8, 4) is 0 Å². The van der Waals surface area contributed by atoms with Crippen molar-refractivity contribution in [2.24, 2.45) is 0 Å². The van der Waals surface area contributed by atoms with Crippen LogP contribution in [0.2, 0.25) is 0 Å². The molecular formula is C18H16N2O2. The van der Waals surface area contributed by atoms with Crippen LogP contribution in [0.15, 0.2) is 48.8 Å². The van der Waals surface area contributed by atoms with E-state index in [9.17, 15) is 4.79 Å². The van der Waals surface area contributed by atoms with Crippen LogP contribution in [0.25, 0.3) is 11.0 Å². The van der Waals surface area contributed by atoms with E-state index in [1.54, 1.807) is 6.20 Å². The lowest BCUT2D eigenvalue weighted by atomic mass is 10.0. The number of fused-ring (bicyclic) bond motifs is 1. The molecule has 4 heteroatoms. The smallest absolute Gasteiger partial charge is 0.340 e. The monoisotopic (exact) mass is 292 g/mol. The van der Waals surface area contributed by atoms with Crippen molar-refractivity contribution in [2.45, 2.75) is 18.3 Å². The predicted octanol–water partition coefficient (Wildman–Crippen LogP) is 3.62. The third kappa shape index (κ3) is 2.08. The van der Waals surface area contributed by atoms with Gasteiger partial charge in [-0.3, -0.25) is 0 Å². The number of aromatic amines is 1. The number of carbonyl (C=O) groups excluding carboxylic acids is 1. The van der Waals surface area contributed by atoms with Crippen molar-refractivity contribution >= 4 is 17.0 Å². The zero-order chi connectivity index (χ0) is 15.1. The zero-order valence-corrected chi connectivity index (χ0v) is 12.2. The van der Waals surface area contributed by atoms with Gasteiger partial charge in [-0.1, -0.05) is 30.3 Å². The molecule has 0 amide bonds. The largest absolute Gasteiger partial charge is 0.465 e. The summed E-state index contributed by atoms with van der Waals surface area (Å²) in [6.07, 6.45) is 4.71. The van der Waals surface area contributed by atoms with E-state index in [4.69, 9.17) is 4.74 Å². The highest BCUT2D eigenvalue weighted by atomic mass is 16.5. The summed E-state index contributed by atoms with van der Waals surface area (Å²) in [6, 6.07) is 12.6. The molecule has 0 aliphatic heterocycles. The Hall–Kier alpha value is -2.62. The van der Waals surface area contributed by atoms with E-state index >= 15 is 0 Å². The molecule has 0 bridgehead atoms. The zero-order valence-electron chi connectivity index (χ0n) is 12.2. The van der Waals surface area contributed by atoms with Crippen molar-refractivity contribution in [1.82, 2.24) is 9.97 Å². The molecule has 1 N–H and O–H groups in total. The van der Waals surface area contributed by atoms with E-state index in [0.29, 0.717) is 17.4 Å². The number of benzene rings is 1. The van der Waals surface area contributed by atoms with E-state index in [0.717, 1.165) is 17.5 Å². The first kappa shape index (κ1) is 13.1. The standard InChI is InChI=1S/C18H16N2O2/c1-22-18(21)16-10-20-17-15(16)7-12(9-19-17)14-8-13(14)11-5-3-2-4-6-11/h2-7,9-10,13-14H,8H2,1H3,(H,19,20)/t13-,14-/m0/s1. The number of methoxy groups -OCH3 is 1. The number of carbonyl (C=O) groups is 1. The minimum Gasteiger partial charge on any atom is -0.465 e. The highest BCUT2D eigenvalue weighted by molar-refractivity contribution is 6.03. The summed E-state index contributed by atoms with van der Waals surface area (Å²) in [5, 5.41) is 0.836. The van der Waals surface area contributed by atoms with E-state index in [-0.39, 0.29) is 5.97 Å². The molecule has 4 nitrogen and oxygen atoms in total. The third-order valence-corrected chi connectivity index (χ3v) is 4.40. The molecule has 0 unspecified atom stereocenters. The topological polar surface area (TPSA) is 55.0 Å². The Kier molecular flexibility index (Phi) is 2.96. The molecule has 1 aliphatic rings. The molecule has 2 heterocycles. The van der Waals surface area contributed by atoms with E-state index < -0.39 is 0 Å². The van der Waals surface area contributed by atoms with Crippen molar-refractivity contribution in [3.05, 3.63) is 65.5 Å². The van der Waals surface area contributed by atoms with E-state index in [1.165, 1.54) is 18.2 Å². The van der Waals surface area contributed by atoms with Crippen LogP contribution >= 0.6 is 0 Å². The number of H-pyrrole nitrogens is 1. The van der Waals surface area contributed by atoms with Gasteiger partial charge < -0.3 is 9.72 Å². The summed E-state index contributed by atoms with van der Waals surface area (Å²) in [4.78, 5) is 19.3. The lowest BCUT2D eigenvalue weighted by Crippen LogP contribution is -1.99. The van der Waals surface area contributed by atoms with Crippen LogP contribution in [-0.2, 0) is 4.74 Å². The fraction of sp³-hybridized carbons (Fsp3) is 0.222. The molecule has 1 aliphatic carbocycles. The number of nitrogens with zero attached hydrogens (tertiary/aromatic N) is 1. The van der Waals surface area contributed by atoms with Gasteiger partial charge in [0.05, 0.1) is 12.7 Å². The fourth-order valence-corrected chi connectivity index (χ4v) is 3.13. The van der Waals surface area contributed by atoms with Crippen molar-refractivity contribution in [1.29, 1.82) is 0 Å². The van der Waals surface area contributed by atoms with Crippen molar-refractivity contribution in [3.63, 3.8) is 0 Å². The summed E-state index contributed by atoms with van der Waals surface area (Å²) in [6.45, 7) is 0. The van der Waals surface area contributed by atoms with Gasteiger partial charge in [0, 0.05) is 17.8 Å². The Morgan fingerprint density at radius 3 is 2.77 bits per heavy atom. The van der Waals surface area contributed by atoms with Gasteiger partial charge in [-0.25, -0.2) is 9.78 Å². The van der Waals surface area contributed by atoms with Crippen LogP contribution in [0.1, 0.15) is 39.7 Å². The summed E-state index contributed by atoms with van der Waals surface area (Å²) >= 11 is 0. The minimum absolute atomic E-state index is 0.333. The van der Waals surface area contributed by atoms with Crippen LogP contribution in [-0.4, -0.2) is 23.0 Å². The maximum atomic E-state index is 11.8. The molecule has 2 aromatic heterocycles. The molecule has 22 heavy (non-hydrogen) atoms. The van der Waals surface area contributed by atoms with Gasteiger partial charge >= 0.3 is 5.97 Å². The lowest BCUT2D eigenvalue weighted by molar-refractivity contribution is 0.0603. The van der Waals surface area contributed by atoms with Crippen molar-refractivity contribution in [2.75, 3.05) is 7.11 Å². The van der Waals surface area contributed by atoms with Crippen LogP contribution in [0.3, 0.4) is 0 Å². The van der Waals surface area contributed by atoms with Crippen LogP contribution in [0.4, 0.5) is 0 Å². The van der Waals surface area contributed by atoms with E-state index in [1.807, 2.05) is 12.3 Å². The molecular weight excluding hydrogens is 276 g/mol. The quantitative estimate of drug-likeness (QED) is 0.750. The van der Waals surface area contributed by atoms with Gasteiger partial charge in [0.15, 0.2) is 0 Å². The van der Waals surface area contributed by atoms with Crippen molar-refractivity contribution < 1.29 is 9.53 Å². The van der Waals surface area contributed by atoms with Gasteiger partial charge in [0.2, 0.25) is 0 Å². The number of rotatable bonds is 3. The average Bonchev–Trinajstić information content (AvgIpc) is 3.27. The second-order valence-electron chi connectivity index (χ2n) is 5.72. The molecule has 3 aromatic rings. The average molecular weight is 292 g/mol. The molecule has 4 rings (SSSR count). The number of esters is 1. The lowest BCUT2D eigenvalue weighted by Gasteiger charge is -2.02. The summed E-state index contributed by atoms with van der Waals surface area (Å²) in [5.41, 5.74) is 3.82. The molecule has 1 aromatic carbocycles. The maximum absolute atomic E-state index is 11.8. The first-order chi connectivity index (χ1) is 10.8. The number of ether oxygens (including phenoxy) is 1. The van der Waals surface area contributed by atoms with Crippen LogP contribution in [0.5, 0.6) is 0 Å². The molecule has 0 saturated heterocycles. The predicted molar refractivity (Wildman–Crippen MR) is 84.0 cm³/mol. The molecule has 1 fully saturated rings. The SMILES string of the molecule is COC(=O)c1c[nH]c2ncc([C@@H]3C[C@H]3c3ccccc3)cc12. The summed E-state index contributed by atoms with van der Waals surface area (Å²) in [7, 11) is 1.39. The highest BCUT2D eigenvalue weighted by Crippen LogP contribution is 2.54.